The van der Waals surface area contributed by atoms with Gasteiger partial charge >= 0.3 is 0 Å². The lowest BCUT2D eigenvalue weighted by Gasteiger charge is -2.41. The molecule has 1 aliphatic rings. The number of aliphatic hydroxyl groups is 1. The van der Waals surface area contributed by atoms with Crippen molar-refractivity contribution in [2.75, 3.05) is 27.2 Å². The second-order valence-corrected chi connectivity index (χ2v) is 5.56. The first-order valence-corrected chi connectivity index (χ1v) is 7.18. The van der Waals surface area contributed by atoms with Gasteiger partial charge in [-0.05, 0) is 46.3 Å². The molecule has 3 unspecified atom stereocenters. The van der Waals surface area contributed by atoms with E-state index in [4.69, 9.17) is 0 Å². The highest BCUT2D eigenvalue weighted by atomic mass is 16.3. The lowest BCUT2D eigenvalue weighted by atomic mass is 9.97. The first-order valence-electron chi connectivity index (χ1n) is 7.18. The predicted molar refractivity (Wildman–Crippen MR) is 73.3 cm³/mol. The first-order chi connectivity index (χ1) is 8.10. The largest absolute Gasteiger partial charge is 0.391 e. The SMILES string of the molecule is CCCC(O)C(CC)N(C)C1CCCN(C)C1. The molecule has 102 valence electrons. The third-order valence-corrected chi connectivity index (χ3v) is 4.15. The summed E-state index contributed by atoms with van der Waals surface area (Å²) in [6.45, 7) is 6.70. The molecule has 1 heterocycles. The molecule has 1 aliphatic heterocycles. The molecule has 0 bridgehead atoms. The van der Waals surface area contributed by atoms with Crippen LogP contribution in [0.25, 0.3) is 0 Å². The standard InChI is InChI=1S/C14H30N2O/c1-5-8-14(17)13(6-2)16(4)12-9-7-10-15(3)11-12/h12-14,17H,5-11H2,1-4H3. The Balaban J connectivity index is 2.54. The number of rotatable bonds is 6. The fourth-order valence-corrected chi connectivity index (χ4v) is 3.06. The van der Waals surface area contributed by atoms with Gasteiger partial charge in [-0.1, -0.05) is 20.3 Å². The zero-order valence-electron chi connectivity index (χ0n) is 12.0. The highest BCUT2D eigenvalue weighted by molar-refractivity contribution is 4.84. The first kappa shape index (κ1) is 14.9. The minimum Gasteiger partial charge on any atom is -0.391 e. The van der Waals surface area contributed by atoms with Crippen LogP contribution in [-0.4, -0.2) is 60.3 Å². The number of hydrogen-bond donors (Lipinski definition) is 1. The molecule has 3 heteroatoms. The van der Waals surface area contributed by atoms with Crippen molar-refractivity contribution in [2.45, 2.75) is 64.1 Å². The van der Waals surface area contributed by atoms with E-state index in [2.05, 4.69) is 37.7 Å². The van der Waals surface area contributed by atoms with Crippen LogP contribution in [0.3, 0.4) is 0 Å². The lowest BCUT2D eigenvalue weighted by molar-refractivity contribution is 0.0141. The fourth-order valence-electron chi connectivity index (χ4n) is 3.06. The average Bonchev–Trinajstić information content (AvgIpc) is 2.30. The average molecular weight is 242 g/mol. The van der Waals surface area contributed by atoms with Crippen LogP contribution < -0.4 is 0 Å². The summed E-state index contributed by atoms with van der Waals surface area (Å²) < 4.78 is 0. The lowest BCUT2D eigenvalue weighted by Crippen LogP contribution is -2.52. The van der Waals surface area contributed by atoms with Gasteiger partial charge in [0, 0.05) is 18.6 Å². The second kappa shape index (κ2) is 7.34. The molecular weight excluding hydrogens is 212 g/mol. The van der Waals surface area contributed by atoms with E-state index in [1.54, 1.807) is 0 Å². The van der Waals surface area contributed by atoms with Gasteiger partial charge in [0.05, 0.1) is 6.10 Å². The minimum absolute atomic E-state index is 0.165. The Bertz CT molecular complexity index is 210. The summed E-state index contributed by atoms with van der Waals surface area (Å²) in [5.41, 5.74) is 0. The maximum atomic E-state index is 10.2. The van der Waals surface area contributed by atoms with E-state index in [-0.39, 0.29) is 6.10 Å². The molecule has 17 heavy (non-hydrogen) atoms. The summed E-state index contributed by atoms with van der Waals surface area (Å²) >= 11 is 0. The minimum atomic E-state index is -0.165. The number of nitrogens with zero attached hydrogens (tertiary/aromatic N) is 2. The van der Waals surface area contributed by atoms with E-state index in [9.17, 15) is 5.11 Å². The van der Waals surface area contributed by atoms with Crippen molar-refractivity contribution in [1.82, 2.24) is 9.80 Å². The summed E-state index contributed by atoms with van der Waals surface area (Å²) in [6, 6.07) is 0.941. The summed E-state index contributed by atoms with van der Waals surface area (Å²) in [6.07, 6.45) is 5.42. The topological polar surface area (TPSA) is 26.7 Å². The highest BCUT2D eigenvalue weighted by Gasteiger charge is 2.28. The Hall–Kier alpha value is -0.120. The number of likely N-dealkylation sites (tertiary alicyclic amines) is 1. The van der Waals surface area contributed by atoms with Crippen LogP contribution >= 0.6 is 0 Å². The van der Waals surface area contributed by atoms with Gasteiger partial charge in [-0.15, -0.1) is 0 Å². The van der Waals surface area contributed by atoms with Gasteiger partial charge in [-0.25, -0.2) is 0 Å². The van der Waals surface area contributed by atoms with E-state index < -0.39 is 0 Å². The van der Waals surface area contributed by atoms with E-state index in [0.717, 1.165) is 25.8 Å². The third kappa shape index (κ3) is 4.23. The molecule has 0 radical (unpaired) electrons. The number of likely N-dealkylation sites (N-methyl/N-ethyl adjacent to an activating group) is 2. The molecule has 1 rings (SSSR count). The molecule has 0 aromatic rings. The molecule has 3 nitrogen and oxygen atoms in total. The third-order valence-electron chi connectivity index (χ3n) is 4.15. The second-order valence-electron chi connectivity index (χ2n) is 5.56. The fraction of sp³-hybridized carbons (Fsp3) is 1.00. The van der Waals surface area contributed by atoms with Crippen LogP contribution in [0.15, 0.2) is 0 Å². The maximum absolute atomic E-state index is 10.2. The number of aliphatic hydroxyl groups excluding tert-OH is 1. The normalized spacial score (nSPS) is 26.1. The molecule has 1 fully saturated rings. The van der Waals surface area contributed by atoms with Crippen LogP contribution in [0.5, 0.6) is 0 Å². The van der Waals surface area contributed by atoms with Gasteiger partial charge in [-0.3, -0.25) is 4.90 Å². The van der Waals surface area contributed by atoms with Crippen molar-refractivity contribution in [2.24, 2.45) is 0 Å². The Morgan fingerprint density at radius 1 is 1.41 bits per heavy atom. The van der Waals surface area contributed by atoms with Crippen LogP contribution in [0.2, 0.25) is 0 Å². The Labute approximate surface area is 107 Å². The Kier molecular flexibility index (Phi) is 6.45. The van der Waals surface area contributed by atoms with Gasteiger partial charge in [-0.2, -0.15) is 0 Å². The summed E-state index contributed by atoms with van der Waals surface area (Å²) in [5, 5.41) is 10.2. The molecule has 0 spiro atoms. The van der Waals surface area contributed by atoms with Gasteiger partial charge < -0.3 is 10.0 Å². The quantitative estimate of drug-likeness (QED) is 0.771. The van der Waals surface area contributed by atoms with Crippen molar-refractivity contribution in [3.8, 4) is 0 Å². The monoisotopic (exact) mass is 242 g/mol. The molecule has 0 aromatic carbocycles. The van der Waals surface area contributed by atoms with Crippen molar-refractivity contribution < 1.29 is 5.11 Å². The van der Waals surface area contributed by atoms with Crippen LogP contribution in [0.1, 0.15) is 46.0 Å². The Morgan fingerprint density at radius 3 is 2.65 bits per heavy atom. The summed E-state index contributed by atoms with van der Waals surface area (Å²) in [5.74, 6) is 0. The summed E-state index contributed by atoms with van der Waals surface area (Å²) in [7, 11) is 4.39. The zero-order valence-corrected chi connectivity index (χ0v) is 12.0. The van der Waals surface area contributed by atoms with Crippen molar-refractivity contribution >= 4 is 0 Å². The molecule has 0 aliphatic carbocycles. The maximum Gasteiger partial charge on any atom is 0.0695 e. The molecule has 1 N–H and O–H groups in total. The smallest absolute Gasteiger partial charge is 0.0695 e. The molecule has 0 saturated carbocycles. The van der Waals surface area contributed by atoms with E-state index in [0.29, 0.717) is 12.1 Å². The van der Waals surface area contributed by atoms with Gasteiger partial charge in [0.15, 0.2) is 0 Å². The highest BCUT2D eigenvalue weighted by Crippen LogP contribution is 2.20. The van der Waals surface area contributed by atoms with E-state index in [1.165, 1.54) is 19.4 Å². The van der Waals surface area contributed by atoms with Crippen LogP contribution in [0, 0.1) is 0 Å². The molecule has 3 atom stereocenters. The Morgan fingerprint density at radius 2 is 2.12 bits per heavy atom. The van der Waals surface area contributed by atoms with Crippen LogP contribution in [-0.2, 0) is 0 Å². The molecule has 0 aromatic heterocycles. The van der Waals surface area contributed by atoms with Crippen LogP contribution in [0.4, 0.5) is 0 Å². The summed E-state index contributed by atoms with van der Waals surface area (Å²) in [4.78, 5) is 4.83. The molecular formula is C14H30N2O. The van der Waals surface area contributed by atoms with Crippen molar-refractivity contribution in [3.05, 3.63) is 0 Å². The number of piperidine rings is 1. The number of hydrogen-bond acceptors (Lipinski definition) is 3. The molecule has 1 saturated heterocycles. The van der Waals surface area contributed by atoms with E-state index >= 15 is 0 Å². The predicted octanol–water partition coefficient (Wildman–Crippen LogP) is 1.95. The van der Waals surface area contributed by atoms with Gasteiger partial charge in [0.25, 0.3) is 0 Å². The van der Waals surface area contributed by atoms with E-state index in [1.807, 2.05) is 0 Å². The zero-order chi connectivity index (χ0) is 12.8. The van der Waals surface area contributed by atoms with Crippen molar-refractivity contribution in [3.63, 3.8) is 0 Å². The van der Waals surface area contributed by atoms with Gasteiger partial charge in [0.1, 0.15) is 0 Å². The van der Waals surface area contributed by atoms with Gasteiger partial charge in [0.2, 0.25) is 0 Å². The molecule has 0 amide bonds. The van der Waals surface area contributed by atoms with Crippen molar-refractivity contribution in [1.29, 1.82) is 0 Å².